The summed E-state index contributed by atoms with van der Waals surface area (Å²) < 4.78 is 0. The number of aliphatic imine (C=N–C) groups is 1. The van der Waals surface area contributed by atoms with E-state index in [9.17, 15) is 0 Å². The molecule has 0 aliphatic heterocycles. The maximum absolute atomic E-state index is 8.44. The molecule has 1 aromatic rings. The molecule has 0 saturated heterocycles. The van der Waals surface area contributed by atoms with E-state index >= 15 is 0 Å². The highest BCUT2D eigenvalue weighted by molar-refractivity contribution is 5.81. The molecule has 0 heterocycles. The van der Waals surface area contributed by atoms with Gasteiger partial charge in [0.15, 0.2) is 6.19 Å². The van der Waals surface area contributed by atoms with Crippen LogP contribution in [0.5, 0.6) is 0 Å². The van der Waals surface area contributed by atoms with Crippen molar-refractivity contribution < 1.29 is 0 Å². The largest absolute Gasteiger partial charge is 0.281 e. The minimum atomic E-state index is 0.295. The molecule has 0 fully saturated rings. The molecule has 1 aliphatic rings. The minimum Gasteiger partial charge on any atom is -0.281 e. The van der Waals surface area contributed by atoms with E-state index in [0.29, 0.717) is 11.9 Å². The maximum Gasteiger partial charge on any atom is 0.182 e. The molecule has 0 aromatic heterocycles. The van der Waals surface area contributed by atoms with Crippen molar-refractivity contribution in [3.8, 4) is 6.19 Å². The smallest absolute Gasteiger partial charge is 0.182 e. The van der Waals surface area contributed by atoms with E-state index in [2.05, 4.69) is 34.6 Å². The zero-order chi connectivity index (χ0) is 10.7. The van der Waals surface area contributed by atoms with E-state index in [-0.39, 0.29) is 0 Å². The van der Waals surface area contributed by atoms with Crippen molar-refractivity contribution in [2.24, 2.45) is 4.99 Å². The lowest BCUT2D eigenvalue weighted by atomic mass is 10.1. The second kappa shape index (κ2) is 4.14. The highest BCUT2D eigenvalue weighted by atomic mass is 15.0. The van der Waals surface area contributed by atoms with E-state index in [1.807, 2.05) is 13.1 Å². The quantitative estimate of drug-likeness (QED) is 0.323. The maximum atomic E-state index is 8.44. The first-order chi connectivity index (χ1) is 7.29. The van der Waals surface area contributed by atoms with E-state index < -0.39 is 0 Å². The first-order valence-corrected chi connectivity index (χ1v) is 5.06. The van der Waals surface area contributed by atoms with Crippen molar-refractivity contribution >= 4 is 5.84 Å². The van der Waals surface area contributed by atoms with Gasteiger partial charge in [0, 0.05) is 0 Å². The third kappa shape index (κ3) is 2.16. The van der Waals surface area contributed by atoms with Crippen molar-refractivity contribution in [1.82, 2.24) is 5.32 Å². The Balaban J connectivity index is 2.08. The van der Waals surface area contributed by atoms with Gasteiger partial charge < -0.3 is 0 Å². The Morgan fingerprint density at radius 2 is 2.00 bits per heavy atom. The van der Waals surface area contributed by atoms with Gasteiger partial charge in [-0.15, -0.1) is 0 Å². The Morgan fingerprint density at radius 1 is 1.40 bits per heavy atom. The second-order valence-electron chi connectivity index (χ2n) is 3.78. The minimum absolute atomic E-state index is 0.295. The predicted molar refractivity (Wildman–Crippen MR) is 59.5 cm³/mol. The first kappa shape index (κ1) is 9.72. The van der Waals surface area contributed by atoms with Crippen LogP contribution in [0.2, 0.25) is 0 Å². The molecule has 0 radical (unpaired) electrons. The molecule has 2 rings (SSSR count). The summed E-state index contributed by atoms with van der Waals surface area (Å²) in [5, 5.41) is 11.0. The Hall–Kier alpha value is -1.82. The molecular formula is C12H13N3. The fourth-order valence-corrected chi connectivity index (χ4v) is 2.01. The fourth-order valence-electron chi connectivity index (χ4n) is 2.01. The number of hydrogen-bond donors (Lipinski definition) is 1. The molecule has 76 valence electrons. The highest BCUT2D eigenvalue weighted by Crippen LogP contribution is 2.23. The molecule has 3 heteroatoms. The van der Waals surface area contributed by atoms with Crippen LogP contribution in [0, 0.1) is 11.5 Å². The van der Waals surface area contributed by atoms with Gasteiger partial charge in [-0.05, 0) is 30.9 Å². The second-order valence-corrected chi connectivity index (χ2v) is 3.78. The molecule has 15 heavy (non-hydrogen) atoms. The van der Waals surface area contributed by atoms with E-state index in [0.717, 1.165) is 12.8 Å². The summed E-state index contributed by atoms with van der Waals surface area (Å²) in [6.07, 6.45) is 3.86. The van der Waals surface area contributed by atoms with Gasteiger partial charge in [0.2, 0.25) is 0 Å². The Kier molecular flexibility index (Phi) is 2.68. The summed E-state index contributed by atoms with van der Waals surface area (Å²) in [4.78, 5) is 4.46. The van der Waals surface area contributed by atoms with Gasteiger partial charge in [0.05, 0.1) is 6.04 Å². The van der Waals surface area contributed by atoms with Crippen LogP contribution in [0.1, 0.15) is 18.1 Å². The lowest BCUT2D eigenvalue weighted by molar-refractivity contribution is 0.719. The SMILES string of the molecule is CC(=NC1Cc2ccccc2C1)NC#N. The molecule has 1 aliphatic carbocycles. The standard InChI is InChI=1S/C12H13N3/c1-9(14-8-13)15-12-6-10-4-2-3-5-11(10)7-12/h2-5,12H,6-7H2,1H3,(H,14,15). The van der Waals surface area contributed by atoms with Crippen LogP contribution in [-0.4, -0.2) is 11.9 Å². The van der Waals surface area contributed by atoms with Gasteiger partial charge in [-0.2, -0.15) is 5.26 Å². The Labute approximate surface area is 89.5 Å². The highest BCUT2D eigenvalue weighted by Gasteiger charge is 2.19. The van der Waals surface area contributed by atoms with Crippen molar-refractivity contribution in [3.05, 3.63) is 35.4 Å². The normalized spacial score (nSPS) is 15.9. The third-order valence-corrected chi connectivity index (χ3v) is 2.64. The summed E-state index contributed by atoms with van der Waals surface area (Å²) in [5.41, 5.74) is 2.77. The van der Waals surface area contributed by atoms with Crippen LogP contribution in [0.4, 0.5) is 0 Å². The molecule has 1 aromatic carbocycles. The summed E-state index contributed by atoms with van der Waals surface area (Å²) in [6.45, 7) is 1.83. The number of nitrogens with zero attached hydrogens (tertiary/aromatic N) is 2. The molecule has 0 saturated carbocycles. The summed E-state index contributed by atoms with van der Waals surface area (Å²) in [5.74, 6) is 0.704. The van der Waals surface area contributed by atoms with Crippen molar-refractivity contribution in [1.29, 1.82) is 5.26 Å². The molecule has 0 unspecified atom stereocenters. The van der Waals surface area contributed by atoms with Gasteiger partial charge in [-0.3, -0.25) is 10.3 Å². The molecule has 3 nitrogen and oxygen atoms in total. The molecule has 0 spiro atoms. The lowest BCUT2D eigenvalue weighted by Crippen LogP contribution is -2.17. The third-order valence-electron chi connectivity index (χ3n) is 2.64. The van der Waals surface area contributed by atoms with E-state index in [1.54, 1.807) is 0 Å². The van der Waals surface area contributed by atoms with Gasteiger partial charge in [0.1, 0.15) is 5.84 Å². The van der Waals surface area contributed by atoms with Crippen LogP contribution >= 0.6 is 0 Å². The van der Waals surface area contributed by atoms with Gasteiger partial charge in [-0.1, -0.05) is 24.3 Å². The van der Waals surface area contributed by atoms with E-state index in [1.165, 1.54) is 11.1 Å². The summed E-state index contributed by atoms with van der Waals surface area (Å²) >= 11 is 0. The summed E-state index contributed by atoms with van der Waals surface area (Å²) in [7, 11) is 0. The zero-order valence-electron chi connectivity index (χ0n) is 8.70. The van der Waals surface area contributed by atoms with Gasteiger partial charge in [-0.25, -0.2) is 0 Å². The zero-order valence-corrected chi connectivity index (χ0v) is 8.70. The average molecular weight is 199 g/mol. The average Bonchev–Trinajstić information content (AvgIpc) is 2.59. The number of benzene rings is 1. The van der Waals surface area contributed by atoms with Crippen molar-refractivity contribution in [3.63, 3.8) is 0 Å². The molecule has 0 bridgehead atoms. The Bertz CT molecular complexity index is 404. The predicted octanol–water partition coefficient (Wildman–Crippen LogP) is 1.64. The van der Waals surface area contributed by atoms with E-state index in [4.69, 9.17) is 5.26 Å². The van der Waals surface area contributed by atoms with Gasteiger partial charge in [0.25, 0.3) is 0 Å². The van der Waals surface area contributed by atoms with Crippen LogP contribution in [0.15, 0.2) is 29.3 Å². The molecule has 0 atom stereocenters. The molecule has 1 N–H and O–H groups in total. The lowest BCUT2D eigenvalue weighted by Gasteiger charge is -2.03. The summed E-state index contributed by atoms with van der Waals surface area (Å²) in [6, 6.07) is 8.72. The first-order valence-electron chi connectivity index (χ1n) is 5.06. The monoisotopic (exact) mass is 199 g/mol. The number of rotatable bonds is 1. The van der Waals surface area contributed by atoms with Crippen molar-refractivity contribution in [2.75, 3.05) is 0 Å². The fraction of sp³-hybridized carbons (Fsp3) is 0.333. The molecular weight excluding hydrogens is 186 g/mol. The van der Waals surface area contributed by atoms with Gasteiger partial charge >= 0.3 is 0 Å². The van der Waals surface area contributed by atoms with Crippen molar-refractivity contribution in [2.45, 2.75) is 25.8 Å². The van der Waals surface area contributed by atoms with Crippen LogP contribution in [0.3, 0.4) is 0 Å². The van der Waals surface area contributed by atoms with Crippen LogP contribution < -0.4 is 5.32 Å². The number of fused-ring (bicyclic) bond motifs is 1. The molecule has 0 amide bonds. The van der Waals surface area contributed by atoms with Crippen LogP contribution in [-0.2, 0) is 12.8 Å². The number of nitrogens with one attached hydrogen (secondary N) is 1. The topological polar surface area (TPSA) is 48.2 Å². The number of hydrogen-bond acceptors (Lipinski definition) is 2. The Morgan fingerprint density at radius 3 is 2.53 bits per heavy atom. The number of nitriles is 1. The number of amidine groups is 1. The van der Waals surface area contributed by atoms with Crippen LogP contribution in [0.25, 0.3) is 0 Å².